The van der Waals surface area contributed by atoms with Crippen LogP contribution in [0, 0.1) is 12.3 Å². The van der Waals surface area contributed by atoms with E-state index in [1.807, 2.05) is 12.1 Å². The Morgan fingerprint density at radius 1 is 1.29 bits per heavy atom. The summed E-state index contributed by atoms with van der Waals surface area (Å²) in [6.07, 6.45) is 3.83. The zero-order valence-corrected chi connectivity index (χ0v) is 11.3. The fraction of sp³-hybridized carbons (Fsp3) is 0.600. The van der Waals surface area contributed by atoms with E-state index in [-0.39, 0.29) is 0 Å². The molecule has 1 heterocycles. The van der Waals surface area contributed by atoms with Crippen LogP contribution in [0.1, 0.15) is 38.7 Å². The standard InChI is InChI=1S/C15H24N2/c1-4-15(3)8-10-17(11-9-15)14-12(2)6-5-7-13(14)16/h5-7H,4,8-11,16H2,1-3H3. The predicted octanol–water partition coefficient (Wildman–Crippen LogP) is 3.59. The lowest BCUT2D eigenvalue weighted by Crippen LogP contribution is -2.39. The first-order chi connectivity index (χ1) is 8.06. The number of aryl methyl sites for hydroxylation is 1. The van der Waals surface area contributed by atoms with Crippen molar-refractivity contribution in [2.75, 3.05) is 23.7 Å². The van der Waals surface area contributed by atoms with Crippen molar-refractivity contribution in [3.8, 4) is 0 Å². The minimum atomic E-state index is 0.536. The third kappa shape index (κ3) is 2.41. The minimum Gasteiger partial charge on any atom is -0.397 e. The largest absolute Gasteiger partial charge is 0.397 e. The van der Waals surface area contributed by atoms with Crippen LogP contribution in [-0.2, 0) is 0 Å². The highest BCUT2D eigenvalue weighted by Gasteiger charge is 2.29. The molecule has 0 atom stereocenters. The van der Waals surface area contributed by atoms with Gasteiger partial charge in [0.2, 0.25) is 0 Å². The molecule has 2 heteroatoms. The average Bonchev–Trinajstić information content (AvgIpc) is 2.31. The number of hydrogen-bond acceptors (Lipinski definition) is 2. The SMILES string of the molecule is CCC1(C)CCN(c2c(C)cccc2N)CC1. The van der Waals surface area contributed by atoms with Gasteiger partial charge in [-0.05, 0) is 36.8 Å². The molecule has 1 aromatic carbocycles. The number of piperidine rings is 1. The van der Waals surface area contributed by atoms with Gasteiger partial charge >= 0.3 is 0 Å². The maximum absolute atomic E-state index is 6.11. The van der Waals surface area contributed by atoms with Gasteiger partial charge in [-0.25, -0.2) is 0 Å². The van der Waals surface area contributed by atoms with Crippen LogP contribution < -0.4 is 10.6 Å². The van der Waals surface area contributed by atoms with E-state index in [0.717, 1.165) is 18.8 Å². The molecule has 0 unspecified atom stereocenters. The van der Waals surface area contributed by atoms with Crippen molar-refractivity contribution in [1.29, 1.82) is 0 Å². The fourth-order valence-corrected chi connectivity index (χ4v) is 2.74. The Balaban J connectivity index is 2.16. The Kier molecular flexibility index (Phi) is 3.32. The van der Waals surface area contributed by atoms with E-state index in [1.165, 1.54) is 30.5 Å². The van der Waals surface area contributed by atoms with Crippen LogP contribution in [0.25, 0.3) is 0 Å². The zero-order chi connectivity index (χ0) is 12.5. The van der Waals surface area contributed by atoms with Gasteiger partial charge in [0.1, 0.15) is 0 Å². The van der Waals surface area contributed by atoms with Crippen LogP contribution in [0.3, 0.4) is 0 Å². The van der Waals surface area contributed by atoms with Crippen LogP contribution in [-0.4, -0.2) is 13.1 Å². The highest BCUT2D eigenvalue weighted by atomic mass is 15.1. The molecule has 2 N–H and O–H groups in total. The topological polar surface area (TPSA) is 29.3 Å². The summed E-state index contributed by atoms with van der Waals surface area (Å²) < 4.78 is 0. The van der Waals surface area contributed by atoms with Crippen molar-refractivity contribution < 1.29 is 0 Å². The Bertz CT molecular complexity index is 370. The second-order valence-corrected chi connectivity index (χ2v) is 5.66. The second kappa shape index (κ2) is 4.59. The molecule has 17 heavy (non-hydrogen) atoms. The summed E-state index contributed by atoms with van der Waals surface area (Å²) in [4.78, 5) is 2.46. The lowest BCUT2D eigenvalue weighted by molar-refractivity contribution is 0.238. The number of nitrogens with two attached hydrogens (primary N) is 1. The third-order valence-corrected chi connectivity index (χ3v) is 4.41. The quantitative estimate of drug-likeness (QED) is 0.789. The molecule has 1 saturated heterocycles. The Labute approximate surface area is 105 Å². The average molecular weight is 232 g/mol. The predicted molar refractivity (Wildman–Crippen MR) is 75.4 cm³/mol. The van der Waals surface area contributed by atoms with Crippen molar-refractivity contribution in [2.24, 2.45) is 5.41 Å². The van der Waals surface area contributed by atoms with Crippen molar-refractivity contribution in [2.45, 2.75) is 40.0 Å². The summed E-state index contributed by atoms with van der Waals surface area (Å²) in [5.41, 5.74) is 10.1. The summed E-state index contributed by atoms with van der Waals surface area (Å²) in [6.45, 7) is 9.14. The normalized spacial score (nSPS) is 19.4. The van der Waals surface area contributed by atoms with E-state index < -0.39 is 0 Å². The molecule has 2 nitrogen and oxygen atoms in total. The number of rotatable bonds is 2. The molecule has 0 aliphatic carbocycles. The molecule has 0 amide bonds. The maximum atomic E-state index is 6.11. The molecule has 1 aliphatic heterocycles. The van der Waals surface area contributed by atoms with Gasteiger partial charge < -0.3 is 10.6 Å². The number of para-hydroxylation sites is 1. The third-order valence-electron chi connectivity index (χ3n) is 4.41. The van der Waals surface area contributed by atoms with Crippen molar-refractivity contribution in [3.63, 3.8) is 0 Å². The zero-order valence-electron chi connectivity index (χ0n) is 11.3. The lowest BCUT2D eigenvalue weighted by Gasteiger charge is -2.41. The van der Waals surface area contributed by atoms with Gasteiger partial charge in [0, 0.05) is 13.1 Å². The molecular formula is C15H24N2. The second-order valence-electron chi connectivity index (χ2n) is 5.66. The minimum absolute atomic E-state index is 0.536. The number of benzene rings is 1. The first-order valence-electron chi connectivity index (χ1n) is 6.66. The van der Waals surface area contributed by atoms with E-state index in [2.05, 4.69) is 31.7 Å². The Morgan fingerprint density at radius 3 is 2.47 bits per heavy atom. The molecule has 1 aromatic rings. The monoisotopic (exact) mass is 232 g/mol. The number of nitrogens with zero attached hydrogens (tertiary/aromatic N) is 1. The van der Waals surface area contributed by atoms with Crippen molar-refractivity contribution >= 4 is 11.4 Å². The van der Waals surface area contributed by atoms with Gasteiger partial charge in [-0.3, -0.25) is 0 Å². The molecular weight excluding hydrogens is 208 g/mol. The Hall–Kier alpha value is -1.18. The molecule has 0 spiro atoms. The molecule has 0 aromatic heterocycles. The first kappa shape index (κ1) is 12.3. The smallest absolute Gasteiger partial charge is 0.0629 e. The summed E-state index contributed by atoms with van der Waals surface area (Å²) in [5.74, 6) is 0. The van der Waals surface area contributed by atoms with Crippen molar-refractivity contribution in [3.05, 3.63) is 23.8 Å². The summed E-state index contributed by atoms with van der Waals surface area (Å²) in [5, 5.41) is 0. The van der Waals surface area contributed by atoms with E-state index in [0.29, 0.717) is 5.41 Å². The van der Waals surface area contributed by atoms with Gasteiger partial charge in [-0.15, -0.1) is 0 Å². The van der Waals surface area contributed by atoms with Crippen LogP contribution >= 0.6 is 0 Å². The highest BCUT2D eigenvalue weighted by Crippen LogP contribution is 2.38. The number of anilines is 2. The summed E-state index contributed by atoms with van der Waals surface area (Å²) in [7, 11) is 0. The Morgan fingerprint density at radius 2 is 1.94 bits per heavy atom. The molecule has 1 aliphatic rings. The van der Waals surface area contributed by atoms with Crippen LogP contribution in [0.5, 0.6) is 0 Å². The van der Waals surface area contributed by atoms with Gasteiger partial charge in [0.05, 0.1) is 11.4 Å². The summed E-state index contributed by atoms with van der Waals surface area (Å²) >= 11 is 0. The van der Waals surface area contributed by atoms with E-state index >= 15 is 0 Å². The number of hydrogen-bond donors (Lipinski definition) is 1. The van der Waals surface area contributed by atoms with Gasteiger partial charge in [0.25, 0.3) is 0 Å². The van der Waals surface area contributed by atoms with Crippen LogP contribution in [0.2, 0.25) is 0 Å². The van der Waals surface area contributed by atoms with E-state index in [9.17, 15) is 0 Å². The molecule has 0 bridgehead atoms. The number of nitrogen functional groups attached to an aromatic ring is 1. The molecule has 0 saturated carbocycles. The van der Waals surface area contributed by atoms with Crippen LogP contribution in [0.15, 0.2) is 18.2 Å². The van der Waals surface area contributed by atoms with E-state index in [4.69, 9.17) is 5.73 Å². The fourth-order valence-electron chi connectivity index (χ4n) is 2.74. The molecule has 0 radical (unpaired) electrons. The van der Waals surface area contributed by atoms with E-state index in [1.54, 1.807) is 0 Å². The van der Waals surface area contributed by atoms with Gasteiger partial charge in [-0.1, -0.05) is 32.4 Å². The first-order valence-corrected chi connectivity index (χ1v) is 6.66. The highest BCUT2D eigenvalue weighted by molar-refractivity contribution is 5.71. The van der Waals surface area contributed by atoms with Gasteiger partial charge in [-0.2, -0.15) is 0 Å². The lowest BCUT2D eigenvalue weighted by atomic mass is 9.78. The van der Waals surface area contributed by atoms with Gasteiger partial charge in [0.15, 0.2) is 0 Å². The molecule has 1 fully saturated rings. The van der Waals surface area contributed by atoms with Crippen molar-refractivity contribution in [1.82, 2.24) is 0 Å². The summed E-state index contributed by atoms with van der Waals surface area (Å²) in [6, 6.07) is 6.20. The van der Waals surface area contributed by atoms with Crippen LogP contribution in [0.4, 0.5) is 11.4 Å². The maximum Gasteiger partial charge on any atom is 0.0629 e. The molecule has 94 valence electrons. The molecule has 2 rings (SSSR count).